The van der Waals surface area contributed by atoms with Gasteiger partial charge in [-0.05, 0) is 102 Å². The number of benzene rings is 4. The Balaban J connectivity index is 0.914. The highest BCUT2D eigenvalue weighted by Crippen LogP contribution is 2.36. The van der Waals surface area contributed by atoms with E-state index in [1.807, 2.05) is 48.5 Å². The highest BCUT2D eigenvalue weighted by atomic mass is 16.5. The number of hydrogen-bond donors (Lipinski definition) is 5. The van der Waals surface area contributed by atoms with Crippen LogP contribution in [-0.2, 0) is 25.7 Å². The van der Waals surface area contributed by atoms with E-state index in [1.165, 1.54) is 4.90 Å². The Morgan fingerprint density at radius 3 is 2.07 bits per heavy atom. The zero-order valence-corrected chi connectivity index (χ0v) is 31.3. The molecule has 5 N–H and O–H groups in total. The lowest BCUT2D eigenvalue weighted by Gasteiger charge is -2.29. The molecule has 12 heteroatoms. The standard InChI is InChI=1S/C44H46N4O8/c1-2-34(28-11-17-31(49)18-12-28)42(29-13-19-32(50)20-14-29)30-15-21-33(22-16-30)56-26-25-45-39(51)9-4-3-5-10-40(52)46-37-8-6-7-35-36(37)27-48(44(35)55)38-23-24-41(53)47-43(38)54/h6-8,11-22,38,49-50H,2-5,9-10,23-27H2,1H3,(H,45,51)(H,46,52)(H,47,53,54). The van der Waals surface area contributed by atoms with Gasteiger partial charge in [-0.15, -0.1) is 0 Å². The maximum absolute atomic E-state index is 13.1. The first-order chi connectivity index (χ1) is 27.1. The van der Waals surface area contributed by atoms with E-state index in [4.69, 9.17) is 4.74 Å². The number of nitrogens with one attached hydrogen (secondary N) is 3. The molecule has 0 bridgehead atoms. The third kappa shape index (κ3) is 9.62. The summed E-state index contributed by atoms with van der Waals surface area (Å²) >= 11 is 0. The molecule has 1 fully saturated rings. The van der Waals surface area contributed by atoms with Crippen LogP contribution in [0.2, 0.25) is 0 Å². The Morgan fingerprint density at radius 1 is 0.804 bits per heavy atom. The smallest absolute Gasteiger partial charge is 0.255 e. The van der Waals surface area contributed by atoms with Crippen LogP contribution in [0.15, 0.2) is 91.0 Å². The van der Waals surface area contributed by atoms with Crippen LogP contribution in [0.25, 0.3) is 11.1 Å². The van der Waals surface area contributed by atoms with Crippen LogP contribution >= 0.6 is 0 Å². The highest BCUT2D eigenvalue weighted by molar-refractivity contribution is 6.07. The molecule has 1 unspecified atom stereocenters. The molecule has 12 nitrogen and oxygen atoms in total. The quantitative estimate of drug-likeness (QED) is 0.0502. The average molecular weight is 759 g/mol. The Bertz CT molecular complexity index is 2110. The van der Waals surface area contributed by atoms with Gasteiger partial charge >= 0.3 is 0 Å². The summed E-state index contributed by atoms with van der Waals surface area (Å²) in [5.41, 5.74) is 6.62. The molecule has 0 spiro atoms. The second kappa shape index (κ2) is 18.3. The SMILES string of the molecule is CCC(=C(c1ccc(O)cc1)c1ccc(OCCNC(=O)CCCCCC(=O)Nc2cccc3c2CN(C2CCC(=O)NC2=O)C3=O)cc1)c1ccc(O)cc1. The number of amides is 5. The van der Waals surface area contributed by atoms with E-state index in [1.54, 1.807) is 42.5 Å². The summed E-state index contributed by atoms with van der Waals surface area (Å²) in [6.45, 7) is 2.89. The molecule has 56 heavy (non-hydrogen) atoms. The third-order valence-electron chi connectivity index (χ3n) is 10.0. The van der Waals surface area contributed by atoms with Crippen molar-refractivity contribution in [3.63, 3.8) is 0 Å². The lowest BCUT2D eigenvalue weighted by Crippen LogP contribution is -2.52. The highest BCUT2D eigenvalue weighted by Gasteiger charge is 2.40. The number of piperidine rings is 1. The summed E-state index contributed by atoms with van der Waals surface area (Å²) < 4.78 is 5.91. The van der Waals surface area contributed by atoms with Crippen LogP contribution in [0.4, 0.5) is 5.69 Å². The molecule has 4 aromatic rings. The molecule has 2 aliphatic rings. The summed E-state index contributed by atoms with van der Waals surface area (Å²) in [6, 6.07) is 26.3. The Kier molecular flexibility index (Phi) is 12.8. The van der Waals surface area contributed by atoms with Gasteiger partial charge in [-0.25, -0.2) is 0 Å². The number of unbranched alkanes of at least 4 members (excludes halogenated alkanes) is 2. The van der Waals surface area contributed by atoms with Crippen molar-refractivity contribution in [1.82, 2.24) is 15.5 Å². The molecule has 0 radical (unpaired) electrons. The molecule has 2 aliphatic heterocycles. The fourth-order valence-electron chi connectivity index (χ4n) is 7.16. The van der Waals surface area contributed by atoms with E-state index in [-0.39, 0.29) is 60.9 Å². The van der Waals surface area contributed by atoms with Gasteiger partial charge in [-0.2, -0.15) is 0 Å². The number of anilines is 1. The van der Waals surface area contributed by atoms with Gasteiger partial charge in [-0.1, -0.05) is 55.8 Å². The fraction of sp³-hybridized carbons (Fsp3) is 0.295. The fourth-order valence-corrected chi connectivity index (χ4v) is 7.16. The van der Waals surface area contributed by atoms with Crippen molar-refractivity contribution in [2.24, 2.45) is 0 Å². The van der Waals surface area contributed by atoms with Crippen LogP contribution < -0.4 is 20.7 Å². The van der Waals surface area contributed by atoms with Crippen molar-refractivity contribution < 1.29 is 38.9 Å². The molecule has 0 aromatic heterocycles. The van der Waals surface area contributed by atoms with Crippen molar-refractivity contribution in [2.45, 2.75) is 70.9 Å². The van der Waals surface area contributed by atoms with E-state index in [0.29, 0.717) is 61.4 Å². The van der Waals surface area contributed by atoms with E-state index < -0.39 is 11.9 Å². The van der Waals surface area contributed by atoms with Crippen molar-refractivity contribution in [3.8, 4) is 17.2 Å². The molecule has 290 valence electrons. The molecule has 0 saturated carbocycles. The lowest BCUT2D eigenvalue weighted by molar-refractivity contribution is -0.137. The topological polar surface area (TPSA) is 174 Å². The van der Waals surface area contributed by atoms with Gasteiger partial charge in [0.25, 0.3) is 5.91 Å². The summed E-state index contributed by atoms with van der Waals surface area (Å²) in [4.78, 5) is 63.7. The Hall–Kier alpha value is -6.43. The number of fused-ring (bicyclic) bond motifs is 1. The molecular weight excluding hydrogens is 713 g/mol. The van der Waals surface area contributed by atoms with Crippen molar-refractivity contribution in [1.29, 1.82) is 0 Å². The van der Waals surface area contributed by atoms with Gasteiger partial charge in [0, 0.05) is 42.6 Å². The van der Waals surface area contributed by atoms with Crippen molar-refractivity contribution >= 4 is 46.4 Å². The summed E-state index contributed by atoms with van der Waals surface area (Å²) in [5.74, 6) is -0.381. The van der Waals surface area contributed by atoms with Gasteiger partial charge in [0.05, 0.1) is 6.54 Å². The maximum atomic E-state index is 13.1. The van der Waals surface area contributed by atoms with Gasteiger partial charge in [0.2, 0.25) is 23.6 Å². The molecule has 6 rings (SSSR count). The number of allylic oxidation sites excluding steroid dienone is 1. The summed E-state index contributed by atoms with van der Waals surface area (Å²) in [7, 11) is 0. The van der Waals surface area contributed by atoms with Crippen molar-refractivity contribution in [3.05, 3.63) is 119 Å². The largest absolute Gasteiger partial charge is 0.508 e. The van der Waals surface area contributed by atoms with Crippen LogP contribution in [0.3, 0.4) is 0 Å². The van der Waals surface area contributed by atoms with E-state index in [2.05, 4.69) is 22.9 Å². The Labute approximate surface area is 325 Å². The minimum absolute atomic E-state index is 0.0940. The molecule has 1 atom stereocenters. The normalized spacial score (nSPS) is 15.5. The van der Waals surface area contributed by atoms with Crippen molar-refractivity contribution in [2.75, 3.05) is 18.5 Å². The van der Waals surface area contributed by atoms with Crippen LogP contribution in [-0.4, -0.2) is 63.8 Å². The average Bonchev–Trinajstić information content (AvgIpc) is 3.53. The number of phenols is 2. The predicted molar refractivity (Wildman–Crippen MR) is 212 cm³/mol. The second-order valence-electron chi connectivity index (χ2n) is 13.9. The van der Waals surface area contributed by atoms with E-state index in [0.717, 1.165) is 34.3 Å². The summed E-state index contributed by atoms with van der Waals surface area (Å²) in [5, 5.41) is 27.8. The molecule has 4 aromatic carbocycles. The molecular formula is C44H46N4O8. The number of carbonyl (C=O) groups is 5. The summed E-state index contributed by atoms with van der Waals surface area (Å²) in [6.07, 6.45) is 3.65. The molecule has 1 saturated heterocycles. The number of ether oxygens (including phenoxy) is 1. The zero-order valence-electron chi connectivity index (χ0n) is 31.3. The van der Waals surface area contributed by atoms with Gasteiger partial charge in [-0.3, -0.25) is 29.3 Å². The van der Waals surface area contributed by atoms with Gasteiger partial charge < -0.3 is 30.5 Å². The number of imide groups is 1. The first-order valence-corrected chi connectivity index (χ1v) is 19.0. The first kappa shape index (κ1) is 39.3. The lowest BCUT2D eigenvalue weighted by atomic mass is 9.88. The minimum atomic E-state index is -0.729. The Morgan fingerprint density at radius 2 is 1.43 bits per heavy atom. The number of nitrogens with zero attached hydrogens (tertiary/aromatic N) is 1. The molecule has 0 aliphatic carbocycles. The van der Waals surface area contributed by atoms with Gasteiger partial charge in [0.15, 0.2) is 0 Å². The number of rotatable bonds is 16. The third-order valence-corrected chi connectivity index (χ3v) is 10.0. The van der Waals surface area contributed by atoms with E-state index >= 15 is 0 Å². The number of hydrogen-bond acceptors (Lipinski definition) is 8. The first-order valence-electron chi connectivity index (χ1n) is 19.0. The van der Waals surface area contributed by atoms with Crippen LogP contribution in [0, 0.1) is 0 Å². The number of carbonyl (C=O) groups excluding carboxylic acids is 5. The van der Waals surface area contributed by atoms with Crippen LogP contribution in [0.5, 0.6) is 17.2 Å². The minimum Gasteiger partial charge on any atom is -0.508 e. The monoisotopic (exact) mass is 758 g/mol. The number of aromatic hydroxyl groups is 2. The number of phenolic OH excluding ortho intramolecular Hbond substituents is 2. The second-order valence-corrected chi connectivity index (χ2v) is 13.9. The molecule has 5 amide bonds. The molecule has 2 heterocycles. The van der Waals surface area contributed by atoms with E-state index in [9.17, 15) is 34.2 Å². The van der Waals surface area contributed by atoms with Gasteiger partial charge in [0.1, 0.15) is 29.9 Å². The predicted octanol–water partition coefficient (Wildman–Crippen LogP) is 6.31. The zero-order chi connectivity index (χ0) is 39.6. The van der Waals surface area contributed by atoms with Crippen LogP contribution in [0.1, 0.15) is 90.9 Å². The maximum Gasteiger partial charge on any atom is 0.255 e.